The summed E-state index contributed by atoms with van der Waals surface area (Å²) >= 11 is 0. The lowest BCUT2D eigenvalue weighted by molar-refractivity contribution is 0.219. The topological polar surface area (TPSA) is 71.9 Å². The van der Waals surface area contributed by atoms with Crippen LogP contribution in [-0.2, 0) is 16.2 Å². The predicted octanol–water partition coefficient (Wildman–Crippen LogP) is 8.20. The van der Waals surface area contributed by atoms with Gasteiger partial charge < -0.3 is 9.57 Å². The third kappa shape index (κ3) is 5.04. The van der Waals surface area contributed by atoms with Crippen molar-refractivity contribution >= 4 is 34.1 Å². The van der Waals surface area contributed by atoms with Gasteiger partial charge in [-0.05, 0) is 63.7 Å². The standard InChI is InChI=1S/C36H27N5O2/c1-37-20-22-42-24-25-8-6-13-34(39-25)32-18-16-30(26-9-2-4-11-28(26)32)31-17-19-33(29-12-5-3-10-27(29)31)35-14-7-15-36(40-35)41-38-21-23-43-41/h2-23,38H,1,24H2/b22-20-. The molecule has 208 valence electrons. The molecule has 43 heavy (non-hydrogen) atoms. The van der Waals surface area contributed by atoms with Gasteiger partial charge >= 0.3 is 0 Å². The maximum atomic E-state index is 5.53. The van der Waals surface area contributed by atoms with Gasteiger partial charge in [-0.3, -0.25) is 10.4 Å². The van der Waals surface area contributed by atoms with Crippen molar-refractivity contribution in [3.63, 3.8) is 0 Å². The summed E-state index contributed by atoms with van der Waals surface area (Å²) in [5.74, 6) is 0.673. The van der Waals surface area contributed by atoms with Crippen molar-refractivity contribution < 1.29 is 9.57 Å². The SMILES string of the molecule is C=N/C=C\OCc1cccc(-c2ccc(-c3ccc(-c4cccc(N5NC=CO5)n4)c4ccccc34)c3ccccc23)n1. The molecule has 6 aromatic rings. The largest absolute Gasteiger partial charge is 0.493 e. The normalized spacial score (nSPS) is 12.5. The van der Waals surface area contributed by atoms with Gasteiger partial charge in [0.25, 0.3) is 0 Å². The second-order valence-electron chi connectivity index (χ2n) is 9.92. The molecule has 0 radical (unpaired) electrons. The van der Waals surface area contributed by atoms with Crippen molar-refractivity contribution in [2.45, 2.75) is 6.61 Å². The van der Waals surface area contributed by atoms with E-state index in [0.717, 1.165) is 60.9 Å². The van der Waals surface area contributed by atoms with E-state index in [1.807, 2.05) is 36.4 Å². The Labute approximate surface area is 249 Å². The Hall–Kier alpha value is -5.95. The van der Waals surface area contributed by atoms with Crippen molar-refractivity contribution in [2.24, 2.45) is 4.99 Å². The number of benzene rings is 4. The lowest BCUT2D eigenvalue weighted by atomic mass is 9.89. The smallest absolute Gasteiger partial charge is 0.188 e. The van der Waals surface area contributed by atoms with Crippen LogP contribution >= 0.6 is 0 Å². The second-order valence-corrected chi connectivity index (χ2v) is 9.92. The summed E-state index contributed by atoms with van der Waals surface area (Å²) in [4.78, 5) is 18.9. The number of anilines is 1. The minimum Gasteiger partial charge on any atom is -0.493 e. The zero-order valence-electron chi connectivity index (χ0n) is 23.2. The first-order chi connectivity index (χ1) is 21.3. The third-order valence-corrected chi connectivity index (χ3v) is 7.36. The third-order valence-electron chi connectivity index (χ3n) is 7.36. The van der Waals surface area contributed by atoms with Crippen LogP contribution < -0.4 is 10.6 Å². The van der Waals surface area contributed by atoms with Crippen LogP contribution in [0.15, 0.2) is 139 Å². The molecular weight excluding hydrogens is 534 g/mol. The number of ether oxygens (including phenoxy) is 1. The van der Waals surface area contributed by atoms with Crippen LogP contribution in [0.25, 0.3) is 55.2 Å². The maximum absolute atomic E-state index is 5.53. The molecule has 0 amide bonds. The minimum absolute atomic E-state index is 0.352. The first kappa shape index (κ1) is 26.0. The van der Waals surface area contributed by atoms with Crippen LogP contribution in [0.4, 0.5) is 5.82 Å². The highest BCUT2D eigenvalue weighted by Crippen LogP contribution is 2.40. The Morgan fingerprint density at radius 2 is 1.28 bits per heavy atom. The molecule has 3 heterocycles. The van der Waals surface area contributed by atoms with E-state index >= 15 is 0 Å². The highest BCUT2D eigenvalue weighted by molar-refractivity contribution is 6.11. The summed E-state index contributed by atoms with van der Waals surface area (Å²) < 4.78 is 5.53. The summed E-state index contributed by atoms with van der Waals surface area (Å²) in [7, 11) is 0. The number of hydrazine groups is 1. The maximum Gasteiger partial charge on any atom is 0.188 e. The number of hydrogen-bond acceptors (Lipinski definition) is 7. The van der Waals surface area contributed by atoms with Crippen LogP contribution in [0.2, 0.25) is 0 Å². The summed E-state index contributed by atoms with van der Waals surface area (Å²) in [5.41, 5.74) is 10.1. The first-order valence-corrected chi connectivity index (χ1v) is 13.9. The molecule has 0 spiro atoms. The molecule has 0 bridgehead atoms. The molecule has 2 aromatic heterocycles. The summed E-state index contributed by atoms with van der Waals surface area (Å²) in [6.45, 7) is 3.77. The van der Waals surface area contributed by atoms with Gasteiger partial charge in [0, 0.05) is 11.1 Å². The van der Waals surface area contributed by atoms with E-state index < -0.39 is 0 Å². The predicted molar refractivity (Wildman–Crippen MR) is 173 cm³/mol. The Morgan fingerprint density at radius 3 is 1.88 bits per heavy atom. The van der Waals surface area contributed by atoms with Gasteiger partial charge in [0.15, 0.2) is 5.82 Å². The van der Waals surface area contributed by atoms with Crippen molar-refractivity contribution in [2.75, 3.05) is 5.17 Å². The summed E-state index contributed by atoms with van der Waals surface area (Å²) in [5, 5.41) is 6.10. The number of rotatable bonds is 8. The number of pyridine rings is 2. The highest BCUT2D eigenvalue weighted by Gasteiger charge is 2.16. The number of aliphatic imine (C=N–C) groups is 1. The van der Waals surface area contributed by atoms with E-state index in [4.69, 9.17) is 19.5 Å². The highest BCUT2D eigenvalue weighted by atomic mass is 16.7. The fourth-order valence-electron chi connectivity index (χ4n) is 5.47. The average molecular weight is 562 g/mol. The van der Waals surface area contributed by atoms with E-state index in [0.29, 0.717) is 12.4 Å². The van der Waals surface area contributed by atoms with Gasteiger partial charge in [-0.15, -0.1) is 0 Å². The molecule has 7 nitrogen and oxygen atoms in total. The molecule has 7 rings (SSSR count). The van der Waals surface area contributed by atoms with Gasteiger partial charge in [0.2, 0.25) is 0 Å². The van der Waals surface area contributed by atoms with Crippen LogP contribution in [0.5, 0.6) is 0 Å². The molecule has 0 aliphatic carbocycles. The first-order valence-electron chi connectivity index (χ1n) is 13.9. The fourth-order valence-corrected chi connectivity index (χ4v) is 5.47. The van der Waals surface area contributed by atoms with Gasteiger partial charge in [-0.2, -0.15) is 0 Å². The number of hydrogen-bond donors (Lipinski definition) is 1. The molecule has 7 heteroatoms. The fraction of sp³-hybridized carbons (Fsp3) is 0.0278. The molecular formula is C36H27N5O2. The molecule has 0 atom stereocenters. The van der Waals surface area contributed by atoms with Gasteiger partial charge in [0.1, 0.15) is 19.1 Å². The van der Waals surface area contributed by atoms with E-state index in [1.54, 1.807) is 12.5 Å². The van der Waals surface area contributed by atoms with E-state index in [9.17, 15) is 0 Å². The lowest BCUT2D eigenvalue weighted by Crippen LogP contribution is -2.28. The van der Waals surface area contributed by atoms with Crippen LogP contribution in [0.3, 0.4) is 0 Å². The van der Waals surface area contributed by atoms with Crippen LogP contribution in [0.1, 0.15) is 5.69 Å². The molecule has 0 fully saturated rings. The zero-order valence-corrected chi connectivity index (χ0v) is 23.2. The average Bonchev–Trinajstić information content (AvgIpc) is 3.62. The molecule has 0 saturated carbocycles. The Morgan fingerprint density at radius 1 is 0.698 bits per heavy atom. The Balaban J connectivity index is 1.31. The number of nitrogens with zero attached hydrogens (tertiary/aromatic N) is 4. The van der Waals surface area contributed by atoms with Crippen LogP contribution in [0, 0.1) is 0 Å². The van der Waals surface area contributed by atoms with Gasteiger partial charge in [-0.1, -0.05) is 90.1 Å². The molecule has 4 aromatic carbocycles. The Bertz CT molecular complexity index is 2030. The number of aromatic nitrogens is 2. The van der Waals surface area contributed by atoms with Gasteiger partial charge in [0.05, 0.1) is 29.5 Å². The molecule has 0 unspecified atom stereocenters. The Kier molecular flexibility index (Phi) is 6.95. The van der Waals surface area contributed by atoms with Gasteiger partial charge in [-0.25, -0.2) is 9.97 Å². The molecule has 1 aliphatic rings. The summed E-state index contributed by atoms with van der Waals surface area (Å²) in [6, 6.07) is 37.6. The zero-order chi connectivity index (χ0) is 29.0. The van der Waals surface area contributed by atoms with Crippen molar-refractivity contribution in [3.8, 4) is 33.6 Å². The van der Waals surface area contributed by atoms with E-state index in [2.05, 4.69) is 89.9 Å². The summed E-state index contributed by atoms with van der Waals surface area (Å²) in [6.07, 6.45) is 6.33. The van der Waals surface area contributed by atoms with E-state index in [1.165, 1.54) is 17.6 Å². The van der Waals surface area contributed by atoms with Crippen LogP contribution in [-0.4, -0.2) is 16.7 Å². The minimum atomic E-state index is 0.352. The molecule has 1 aliphatic heterocycles. The second kappa shape index (κ2) is 11.5. The quantitative estimate of drug-likeness (QED) is 0.149. The number of nitrogens with one attached hydrogen (secondary N) is 1. The van der Waals surface area contributed by atoms with Crippen molar-refractivity contribution in [1.82, 2.24) is 15.4 Å². The molecule has 1 N–H and O–H groups in total. The monoisotopic (exact) mass is 561 g/mol. The number of fused-ring (bicyclic) bond motifs is 2. The molecule has 0 saturated heterocycles. The lowest BCUT2D eigenvalue weighted by Gasteiger charge is -2.17. The van der Waals surface area contributed by atoms with E-state index in [-0.39, 0.29) is 0 Å². The van der Waals surface area contributed by atoms with Crippen molar-refractivity contribution in [3.05, 3.63) is 140 Å². The van der Waals surface area contributed by atoms with Crippen molar-refractivity contribution in [1.29, 1.82) is 0 Å².